The van der Waals surface area contributed by atoms with E-state index < -0.39 is 16.4 Å². The van der Waals surface area contributed by atoms with Crippen LogP contribution in [0.25, 0.3) is 11.4 Å². The van der Waals surface area contributed by atoms with E-state index in [2.05, 4.69) is 20.5 Å². The SMILES string of the molecule is Cc1nc(-c2ccc(NC(=O)Cn3cc([N+](=O)[O-])ccc3=O)cc2)n[nH]1. The van der Waals surface area contributed by atoms with Crippen molar-refractivity contribution in [1.29, 1.82) is 0 Å². The molecule has 2 heterocycles. The normalized spacial score (nSPS) is 10.5. The van der Waals surface area contributed by atoms with Gasteiger partial charge in [0, 0.05) is 23.4 Å². The van der Waals surface area contributed by atoms with Gasteiger partial charge in [-0.05, 0) is 31.2 Å². The molecular formula is C16H14N6O4. The van der Waals surface area contributed by atoms with E-state index in [1.165, 1.54) is 0 Å². The highest BCUT2D eigenvalue weighted by Gasteiger charge is 2.11. The van der Waals surface area contributed by atoms with E-state index in [0.717, 1.165) is 28.5 Å². The number of rotatable bonds is 5. The lowest BCUT2D eigenvalue weighted by atomic mass is 10.2. The van der Waals surface area contributed by atoms with Gasteiger partial charge >= 0.3 is 0 Å². The van der Waals surface area contributed by atoms with Crippen LogP contribution in [0, 0.1) is 17.0 Å². The van der Waals surface area contributed by atoms with E-state index >= 15 is 0 Å². The Kier molecular flexibility index (Phi) is 4.56. The van der Waals surface area contributed by atoms with Crippen LogP contribution in [0.1, 0.15) is 5.82 Å². The molecule has 0 radical (unpaired) electrons. The van der Waals surface area contributed by atoms with Crippen LogP contribution < -0.4 is 10.9 Å². The van der Waals surface area contributed by atoms with Gasteiger partial charge in [0.1, 0.15) is 12.4 Å². The quantitative estimate of drug-likeness (QED) is 0.526. The predicted molar refractivity (Wildman–Crippen MR) is 92.5 cm³/mol. The highest BCUT2D eigenvalue weighted by Crippen LogP contribution is 2.17. The molecule has 0 fully saturated rings. The number of anilines is 1. The number of amides is 1. The van der Waals surface area contributed by atoms with Gasteiger partial charge in [-0.15, -0.1) is 0 Å². The second-order valence-electron chi connectivity index (χ2n) is 5.48. The van der Waals surface area contributed by atoms with Gasteiger partial charge in [-0.1, -0.05) is 0 Å². The highest BCUT2D eigenvalue weighted by atomic mass is 16.6. The lowest BCUT2D eigenvalue weighted by molar-refractivity contribution is -0.385. The van der Waals surface area contributed by atoms with Gasteiger partial charge in [0.2, 0.25) is 5.91 Å². The van der Waals surface area contributed by atoms with Crippen molar-refractivity contribution in [2.45, 2.75) is 13.5 Å². The zero-order valence-electron chi connectivity index (χ0n) is 13.7. The molecule has 0 atom stereocenters. The predicted octanol–water partition coefficient (Wildman–Crippen LogP) is 1.49. The molecule has 2 N–H and O–H groups in total. The van der Waals surface area contributed by atoms with Crippen molar-refractivity contribution in [1.82, 2.24) is 19.7 Å². The summed E-state index contributed by atoms with van der Waals surface area (Å²) in [5, 5.41) is 20.2. The maximum atomic E-state index is 12.1. The second-order valence-corrected chi connectivity index (χ2v) is 5.48. The Morgan fingerprint density at radius 3 is 2.62 bits per heavy atom. The fraction of sp³-hybridized carbons (Fsp3) is 0.125. The number of aryl methyl sites for hydroxylation is 1. The van der Waals surface area contributed by atoms with E-state index in [4.69, 9.17) is 0 Å². The number of pyridine rings is 1. The first kappa shape index (κ1) is 17.0. The summed E-state index contributed by atoms with van der Waals surface area (Å²) in [5.41, 5.74) is 0.538. The minimum Gasteiger partial charge on any atom is -0.325 e. The summed E-state index contributed by atoms with van der Waals surface area (Å²) in [5.74, 6) is 0.761. The summed E-state index contributed by atoms with van der Waals surface area (Å²) >= 11 is 0. The summed E-state index contributed by atoms with van der Waals surface area (Å²) in [6.07, 6.45) is 1.04. The summed E-state index contributed by atoms with van der Waals surface area (Å²) in [6.45, 7) is 1.46. The molecule has 0 aliphatic heterocycles. The van der Waals surface area contributed by atoms with Crippen LogP contribution >= 0.6 is 0 Å². The van der Waals surface area contributed by atoms with Gasteiger partial charge in [0.05, 0.1) is 11.1 Å². The number of benzene rings is 1. The Balaban J connectivity index is 1.69. The molecule has 0 aliphatic carbocycles. The van der Waals surface area contributed by atoms with Gasteiger partial charge in [0.15, 0.2) is 5.82 Å². The van der Waals surface area contributed by atoms with Crippen LogP contribution in [-0.4, -0.2) is 30.6 Å². The number of hydrogen-bond acceptors (Lipinski definition) is 6. The first-order valence-electron chi connectivity index (χ1n) is 7.56. The lowest BCUT2D eigenvalue weighted by Crippen LogP contribution is -2.26. The Morgan fingerprint density at radius 1 is 1.27 bits per heavy atom. The summed E-state index contributed by atoms with van der Waals surface area (Å²) in [6, 6.07) is 9.00. The fourth-order valence-electron chi connectivity index (χ4n) is 2.28. The maximum Gasteiger partial charge on any atom is 0.285 e. The molecule has 0 saturated carbocycles. The van der Waals surface area contributed by atoms with Crippen LogP contribution in [-0.2, 0) is 11.3 Å². The highest BCUT2D eigenvalue weighted by molar-refractivity contribution is 5.90. The van der Waals surface area contributed by atoms with Gasteiger partial charge < -0.3 is 5.32 Å². The Hall–Kier alpha value is -3.82. The zero-order valence-corrected chi connectivity index (χ0v) is 13.7. The smallest absolute Gasteiger partial charge is 0.285 e. The maximum absolute atomic E-state index is 12.1. The molecule has 2 aromatic heterocycles. The number of carbonyl (C=O) groups is 1. The summed E-state index contributed by atoms with van der Waals surface area (Å²) in [4.78, 5) is 38.2. The Labute approximate surface area is 146 Å². The van der Waals surface area contributed by atoms with Gasteiger partial charge in [-0.3, -0.25) is 29.4 Å². The minimum atomic E-state index is -0.628. The number of nitro groups is 1. The molecule has 0 unspecified atom stereocenters. The molecular weight excluding hydrogens is 340 g/mol. The molecule has 1 aromatic carbocycles. The Bertz CT molecular complexity index is 1020. The van der Waals surface area contributed by atoms with Crippen molar-refractivity contribution in [3.8, 4) is 11.4 Å². The third-order valence-electron chi connectivity index (χ3n) is 3.52. The molecule has 0 saturated heterocycles. The molecule has 26 heavy (non-hydrogen) atoms. The van der Waals surface area contributed by atoms with Crippen molar-refractivity contribution in [3.05, 3.63) is 68.9 Å². The number of hydrogen-bond donors (Lipinski definition) is 2. The molecule has 10 heteroatoms. The summed E-state index contributed by atoms with van der Waals surface area (Å²) < 4.78 is 0.984. The Morgan fingerprint density at radius 2 is 2.00 bits per heavy atom. The first-order valence-corrected chi connectivity index (χ1v) is 7.56. The minimum absolute atomic E-state index is 0.261. The number of nitrogens with zero attached hydrogens (tertiary/aromatic N) is 4. The zero-order chi connectivity index (χ0) is 18.7. The van der Waals surface area contributed by atoms with Gasteiger partial charge in [-0.25, -0.2) is 4.98 Å². The van der Waals surface area contributed by atoms with Crippen molar-refractivity contribution < 1.29 is 9.72 Å². The first-order chi connectivity index (χ1) is 12.4. The van der Waals surface area contributed by atoms with E-state index in [0.29, 0.717) is 17.3 Å². The molecule has 0 bridgehead atoms. The number of nitrogens with one attached hydrogen (secondary N) is 2. The number of aromatic nitrogens is 4. The van der Waals surface area contributed by atoms with Crippen LogP contribution in [0.2, 0.25) is 0 Å². The standard InChI is InChI=1S/C16H14N6O4/c1-10-17-16(20-19-10)11-2-4-12(5-3-11)18-14(23)9-21-8-13(22(25)26)6-7-15(21)24/h2-8H,9H2,1H3,(H,18,23)(H,17,19,20). The van der Waals surface area contributed by atoms with Crippen molar-refractivity contribution >= 4 is 17.3 Å². The molecule has 10 nitrogen and oxygen atoms in total. The van der Waals surface area contributed by atoms with E-state index in [1.54, 1.807) is 31.2 Å². The number of H-pyrrole nitrogens is 1. The second kappa shape index (κ2) is 6.97. The van der Waals surface area contributed by atoms with E-state index in [9.17, 15) is 19.7 Å². The monoisotopic (exact) mass is 354 g/mol. The molecule has 132 valence electrons. The third-order valence-corrected chi connectivity index (χ3v) is 3.52. The average molecular weight is 354 g/mol. The number of aromatic amines is 1. The van der Waals surface area contributed by atoms with Crippen molar-refractivity contribution in [3.63, 3.8) is 0 Å². The molecule has 3 rings (SSSR count). The topological polar surface area (TPSA) is 136 Å². The third kappa shape index (κ3) is 3.80. The average Bonchev–Trinajstić information content (AvgIpc) is 3.03. The van der Waals surface area contributed by atoms with Gasteiger partial charge in [-0.2, -0.15) is 5.10 Å². The summed E-state index contributed by atoms with van der Waals surface area (Å²) in [7, 11) is 0. The van der Waals surface area contributed by atoms with E-state index in [1.807, 2.05) is 0 Å². The molecule has 0 aliphatic rings. The van der Waals surface area contributed by atoms with Crippen LogP contribution in [0.15, 0.2) is 47.4 Å². The van der Waals surface area contributed by atoms with Crippen LogP contribution in [0.3, 0.4) is 0 Å². The van der Waals surface area contributed by atoms with E-state index in [-0.39, 0.29) is 12.2 Å². The molecule has 0 spiro atoms. The van der Waals surface area contributed by atoms with Crippen LogP contribution in [0.5, 0.6) is 0 Å². The van der Waals surface area contributed by atoms with Crippen molar-refractivity contribution in [2.24, 2.45) is 0 Å². The largest absolute Gasteiger partial charge is 0.325 e. The lowest BCUT2D eigenvalue weighted by Gasteiger charge is -2.07. The fourth-order valence-corrected chi connectivity index (χ4v) is 2.28. The van der Waals surface area contributed by atoms with Crippen molar-refractivity contribution in [2.75, 3.05) is 5.32 Å². The van der Waals surface area contributed by atoms with Gasteiger partial charge in [0.25, 0.3) is 11.2 Å². The van der Waals surface area contributed by atoms with Crippen LogP contribution in [0.4, 0.5) is 11.4 Å². The number of carbonyl (C=O) groups excluding carboxylic acids is 1. The molecule has 3 aromatic rings. The molecule has 1 amide bonds.